The highest BCUT2D eigenvalue weighted by molar-refractivity contribution is 7.14. The Morgan fingerprint density at radius 3 is 2.56 bits per heavy atom. The van der Waals surface area contributed by atoms with Gasteiger partial charge in [-0.05, 0) is 55.6 Å². The number of nitrogens with zero attached hydrogens (tertiary/aromatic N) is 1. The van der Waals surface area contributed by atoms with Gasteiger partial charge in [0.15, 0.2) is 5.13 Å². The van der Waals surface area contributed by atoms with Gasteiger partial charge >= 0.3 is 0 Å². The zero-order valence-electron chi connectivity index (χ0n) is 15.8. The van der Waals surface area contributed by atoms with Crippen LogP contribution in [0, 0.1) is 11.3 Å². The average Bonchev–Trinajstić information content (AvgIpc) is 3.03. The summed E-state index contributed by atoms with van der Waals surface area (Å²) in [7, 11) is 1.71. The molecule has 1 saturated carbocycles. The van der Waals surface area contributed by atoms with Gasteiger partial charge in [0.05, 0.1) is 12.8 Å². The van der Waals surface area contributed by atoms with E-state index in [2.05, 4.69) is 37.5 Å². The number of hydrogen-bond acceptors (Lipinski definition) is 4. The zero-order chi connectivity index (χ0) is 17.9. The lowest BCUT2D eigenvalue weighted by Crippen LogP contribution is -2.27. The van der Waals surface area contributed by atoms with Gasteiger partial charge in [-0.1, -0.05) is 32.9 Å². The van der Waals surface area contributed by atoms with Crippen molar-refractivity contribution < 1.29 is 4.74 Å². The van der Waals surface area contributed by atoms with Gasteiger partial charge in [0.25, 0.3) is 0 Å². The number of hydrogen-bond donors (Lipinski definition) is 1. The Balaban J connectivity index is 1.58. The molecule has 0 bridgehead atoms. The standard InChI is InChI=1S/C21H30N2OS/c1-21(2,3)13-15-9-11-16(12-10-15)22-20-23-18(14-25-20)17-7-5-6-8-19(17)24-4/h5-8,14-16H,9-13H2,1-4H3,(H,22,23). The van der Waals surface area contributed by atoms with Crippen molar-refractivity contribution in [3.05, 3.63) is 29.6 Å². The lowest BCUT2D eigenvalue weighted by atomic mass is 9.76. The SMILES string of the molecule is COc1ccccc1-c1csc(NC2CCC(CC(C)(C)C)CC2)n1. The van der Waals surface area contributed by atoms with Crippen LogP contribution in [-0.4, -0.2) is 18.1 Å². The highest BCUT2D eigenvalue weighted by Gasteiger charge is 2.25. The molecule has 1 aromatic heterocycles. The Morgan fingerprint density at radius 2 is 1.88 bits per heavy atom. The maximum Gasteiger partial charge on any atom is 0.183 e. The molecule has 0 atom stereocenters. The number of benzene rings is 1. The lowest BCUT2D eigenvalue weighted by molar-refractivity contribution is 0.233. The molecule has 1 fully saturated rings. The topological polar surface area (TPSA) is 34.1 Å². The number of thiazole rings is 1. The van der Waals surface area contributed by atoms with Crippen LogP contribution < -0.4 is 10.1 Å². The normalized spacial score (nSPS) is 21.1. The second-order valence-corrected chi connectivity index (χ2v) is 9.22. The summed E-state index contributed by atoms with van der Waals surface area (Å²) >= 11 is 1.69. The fraction of sp³-hybridized carbons (Fsp3) is 0.571. The molecule has 2 aromatic rings. The van der Waals surface area contributed by atoms with Crippen molar-refractivity contribution >= 4 is 16.5 Å². The molecule has 3 rings (SSSR count). The maximum absolute atomic E-state index is 5.45. The van der Waals surface area contributed by atoms with E-state index in [1.807, 2.05) is 18.2 Å². The van der Waals surface area contributed by atoms with Gasteiger partial charge in [0.2, 0.25) is 0 Å². The number of para-hydroxylation sites is 1. The van der Waals surface area contributed by atoms with Crippen molar-refractivity contribution in [1.82, 2.24) is 4.98 Å². The van der Waals surface area contributed by atoms with Crippen LogP contribution in [0.15, 0.2) is 29.6 Å². The Hall–Kier alpha value is -1.55. The van der Waals surface area contributed by atoms with E-state index in [-0.39, 0.29) is 0 Å². The van der Waals surface area contributed by atoms with Crippen LogP contribution in [0.4, 0.5) is 5.13 Å². The number of aromatic nitrogens is 1. The van der Waals surface area contributed by atoms with Crippen LogP contribution in [0.2, 0.25) is 0 Å². The summed E-state index contributed by atoms with van der Waals surface area (Å²) in [5.74, 6) is 1.76. The third kappa shape index (κ3) is 4.97. The first kappa shape index (κ1) is 18.2. The van der Waals surface area contributed by atoms with E-state index in [4.69, 9.17) is 9.72 Å². The minimum Gasteiger partial charge on any atom is -0.496 e. The number of anilines is 1. The van der Waals surface area contributed by atoms with Gasteiger partial charge in [-0.25, -0.2) is 4.98 Å². The quantitative estimate of drug-likeness (QED) is 0.688. The first-order valence-electron chi connectivity index (χ1n) is 9.30. The summed E-state index contributed by atoms with van der Waals surface area (Å²) < 4.78 is 5.45. The van der Waals surface area contributed by atoms with Crippen LogP contribution in [0.3, 0.4) is 0 Å². The molecule has 0 aliphatic heterocycles. The molecule has 0 saturated heterocycles. The van der Waals surface area contributed by atoms with Gasteiger partial charge in [0.1, 0.15) is 5.75 Å². The van der Waals surface area contributed by atoms with Crippen molar-refractivity contribution in [1.29, 1.82) is 0 Å². The smallest absolute Gasteiger partial charge is 0.183 e. The van der Waals surface area contributed by atoms with Gasteiger partial charge in [-0.2, -0.15) is 0 Å². The number of nitrogens with one attached hydrogen (secondary N) is 1. The molecule has 0 amide bonds. The number of ether oxygens (including phenoxy) is 1. The molecule has 25 heavy (non-hydrogen) atoms. The fourth-order valence-electron chi connectivity index (χ4n) is 3.87. The van der Waals surface area contributed by atoms with Crippen molar-refractivity contribution in [2.75, 3.05) is 12.4 Å². The van der Waals surface area contributed by atoms with E-state index < -0.39 is 0 Å². The molecule has 136 valence electrons. The molecule has 1 aromatic carbocycles. The minimum absolute atomic E-state index is 0.448. The van der Waals surface area contributed by atoms with Gasteiger partial charge < -0.3 is 10.1 Å². The Morgan fingerprint density at radius 1 is 1.16 bits per heavy atom. The third-order valence-electron chi connectivity index (χ3n) is 4.96. The van der Waals surface area contributed by atoms with Crippen molar-refractivity contribution in [2.24, 2.45) is 11.3 Å². The van der Waals surface area contributed by atoms with Gasteiger partial charge in [0, 0.05) is 17.0 Å². The fourth-order valence-corrected chi connectivity index (χ4v) is 4.66. The largest absolute Gasteiger partial charge is 0.496 e. The molecule has 0 radical (unpaired) electrons. The van der Waals surface area contributed by atoms with E-state index >= 15 is 0 Å². The van der Waals surface area contributed by atoms with Gasteiger partial charge in [-0.15, -0.1) is 11.3 Å². The van der Waals surface area contributed by atoms with Crippen molar-refractivity contribution in [3.8, 4) is 17.0 Å². The average molecular weight is 359 g/mol. The predicted octanol–water partition coefficient (Wildman–Crippen LogP) is 6.23. The predicted molar refractivity (Wildman–Crippen MR) is 108 cm³/mol. The molecule has 0 spiro atoms. The molecule has 1 N–H and O–H groups in total. The highest BCUT2D eigenvalue weighted by Crippen LogP contribution is 2.36. The number of methoxy groups -OCH3 is 1. The molecule has 3 nitrogen and oxygen atoms in total. The van der Waals surface area contributed by atoms with E-state index in [0.29, 0.717) is 11.5 Å². The lowest BCUT2D eigenvalue weighted by Gasteiger charge is -2.32. The number of rotatable bonds is 5. The third-order valence-corrected chi connectivity index (χ3v) is 5.74. The van der Waals surface area contributed by atoms with Crippen LogP contribution in [0.1, 0.15) is 52.9 Å². The summed E-state index contributed by atoms with van der Waals surface area (Å²) in [5, 5.41) is 6.80. The molecule has 1 aliphatic carbocycles. The van der Waals surface area contributed by atoms with E-state index in [1.54, 1.807) is 18.4 Å². The van der Waals surface area contributed by atoms with Crippen molar-refractivity contribution in [3.63, 3.8) is 0 Å². The monoisotopic (exact) mass is 358 g/mol. The summed E-state index contributed by atoms with van der Waals surface area (Å²) in [6.07, 6.45) is 6.52. The molecule has 1 aliphatic rings. The Bertz CT molecular complexity index is 681. The molecular formula is C21H30N2OS. The molecule has 1 heterocycles. The minimum atomic E-state index is 0.448. The van der Waals surface area contributed by atoms with E-state index in [1.165, 1.54) is 32.1 Å². The first-order valence-corrected chi connectivity index (χ1v) is 10.2. The summed E-state index contributed by atoms with van der Waals surface area (Å²) in [6, 6.07) is 8.63. The van der Waals surface area contributed by atoms with Crippen LogP contribution in [-0.2, 0) is 0 Å². The van der Waals surface area contributed by atoms with E-state index in [9.17, 15) is 0 Å². The molecule has 4 heteroatoms. The zero-order valence-corrected chi connectivity index (χ0v) is 16.7. The maximum atomic E-state index is 5.45. The molecule has 0 unspecified atom stereocenters. The van der Waals surface area contributed by atoms with Crippen LogP contribution >= 0.6 is 11.3 Å². The summed E-state index contributed by atoms with van der Waals surface area (Å²) in [5.41, 5.74) is 2.50. The Labute approximate surface area is 155 Å². The second-order valence-electron chi connectivity index (χ2n) is 8.36. The van der Waals surface area contributed by atoms with Gasteiger partial charge in [-0.3, -0.25) is 0 Å². The summed E-state index contributed by atoms with van der Waals surface area (Å²) in [4.78, 5) is 4.79. The Kier molecular flexibility index (Phi) is 5.67. The highest BCUT2D eigenvalue weighted by atomic mass is 32.1. The second kappa shape index (κ2) is 7.77. The van der Waals surface area contributed by atoms with Crippen molar-refractivity contribution in [2.45, 2.75) is 58.9 Å². The van der Waals surface area contributed by atoms with Crippen LogP contribution in [0.25, 0.3) is 11.3 Å². The van der Waals surface area contributed by atoms with Crippen LogP contribution in [0.5, 0.6) is 5.75 Å². The van der Waals surface area contributed by atoms with E-state index in [0.717, 1.165) is 28.1 Å². The molecular weight excluding hydrogens is 328 g/mol. The summed E-state index contributed by atoms with van der Waals surface area (Å²) in [6.45, 7) is 7.06. The first-order chi connectivity index (χ1) is 11.9.